The van der Waals surface area contributed by atoms with Crippen LogP contribution in [0.15, 0.2) is 22.3 Å². The average Bonchev–Trinajstić information content (AvgIpc) is 2.79. The summed E-state index contributed by atoms with van der Waals surface area (Å²) in [4.78, 5) is 14.3. The van der Waals surface area contributed by atoms with Crippen molar-refractivity contribution in [3.05, 3.63) is 22.3 Å². The van der Waals surface area contributed by atoms with Gasteiger partial charge >= 0.3 is 0 Å². The number of rotatable bonds is 1. The predicted octanol–water partition coefficient (Wildman–Crippen LogP) is 7.52. The fourth-order valence-electron chi connectivity index (χ4n) is 7.74. The molecule has 0 aromatic carbocycles. The quantitative estimate of drug-likeness (QED) is 0.458. The molecule has 0 N–H and O–H groups in total. The van der Waals surface area contributed by atoms with Crippen LogP contribution in [0.3, 0.4) is 0 Å². The minimum absolute atomic E-state index is 0.00391. The topological polar surface area (TPSA) is 17.1 Å². The zero-order valence-electron chi connectivity index (χ0n) is 19.9. The molecule has 0 aromatic rings. The molecular weight excluding hydrogens is 340 g/mol. The molecule has 0 atom stereocenters. The van der Waals surface area contributed by atoms with E-state index in [0.29, 0.717) is 5.78 Å². The second-order valence-corrected chi connectivity index (χ2v) is 13.8. The molecule has 1 nitrogen and oxygen atoms in total. The lowest BCUT2D eigenvalue weighted by molar-refractivity contribution is -0.116. The number of hydrogen-bond donors (Lipinski definition) is 0. The first-order chi connectivity index (χ1) is 12.6. The molecule has 4 fully saturated rings. The van der Waals surface area contributed by atoms with Crippen LogP contribution in [0.1, 0.15) is 101 Å². The molecule has 5 aliphatic carbocycles. The number of allylic oxidation sites excluding steroid dienone is 4. The van der Waals surface area contributed by atoms with Crippen molar-refractivity contribution in [3.63, 3.8) is 0 Å². The Morgan fingerprint density at radius 2 is 0.964 bits per heavy atom. The average molecular weight is 383 g/mol. The molecule has 0 aliphatic heterocycles. The predicted molar refractivity (Wildman–Crippen MR) is 118 cm³/mol. The number of Topliss-reactive ketones (excluding diaryl/α,β-unsaturated/α-hetero) is 1. The first-order valence-corrected chi connectivity index (χ1v) is 11.7. The van der Waals surface area contributed by atoms with Crippen molar-refractivity contribution in [3.8, 4) is 0 Å². The summed E-state index contributed by atoms with van der Waals surface area (Å²) in [5, 5.41) is 0. The Balaban J connectivity index is 1.97. The van der Waals surface area contributed by atoms with Crippen LogP contribution in [0.4, 0.5) is 0 Å². The lowest BCUT2D eigenvalue weighted by Crippen LogP contribution is -2.48. The monoisotopic (exact) mass is 382 g/mol. The highest BCUT2D eigenvalue weighted by Crippen LogP contribution is 2.67. The van der Waals surface area contributed by atoms with Gasteiger partial charge in [0.1, 0.15) is 0 Å². The molecule has 0 amide bonds. The summed E-state index contributed by atoms with van der Waals surface area (Å²) in [5.74, 6) is 3.02. The van der Waals surface area contributed by atoms with Crippen LogP contribution in [0.5, 0.6) is 0 Å². The van der Waals surface area contributed by atoms with Gasteiger partial charge in [0, 0.05) is 16.6 Å². The second kappa shape index (κ2) is 5.86. The van der Waals surface area contributed by atoms with Gasteiger partial charge in [0.2, 0.25) is 0 Å². The molecule has 0 saturated heterocycles. The third-order valence-electron chi connectivity index (χ3n) is 8.02. The summed E-state index contributed by atoms with van der Waals surface area (Å²) < 4.78 is 0. The number of carbonyl (C=O) groups is 1. The lowest BCUT2D eigenvalue weighted by atomic mass is 9.46. The summed E-state index contributed by atoms with van der Waals surface area (Å²) in [6, 6.07) is 0. The standard InChI is InChI=1S/C27H42O/c1-24(2,3)19-20(25(4,5)6)22(23(28)21(19)26(7,8)9)27-13-16-10-17(14-27)12-18(11-16)15-27/h16-18H,10-15H2,1-9H3. The van der Waals surface area contributed by atoms with Gasteiger partial charge in [0.25, 0.3) is 0 Å². The minimum Gasteiger partial charge on any atom is -0.289 e. The zero-order chi connectivity index (χ0) is 20.9. The highest BCUT2D eigenvalue weighted by Gasteiger charge is 2.58. The van der Waals surface area contributed by atoms with Gasteiger partial charge in [-0.3, -0.25) is 4.79 Å². The maximum absolute atomic E-state index is 14.3. The molecule has 0 radical (unpaired) electrons. The normalized spacial score (nSPS) is 36.2. The molecule has 5 rings (SSSR count). The molecule has 156 valence electrons. The Morgan fingerprint density at radius 1 is 0.607 bits per heavy atom. The molecule has 0 heterocycles. The van der Waals surface area contributed by atoms with E-state index in [-0.39, 0.29) is 21.7 Å². The van der Waals surface area contributed by atoms with Gasteiger partial charge < -0.3 is 0 Å². The lowest BCUT2D eigenvalue weighted by Gasteiger charge is -2.58. The maximum atomic E-state index is 14.3. The highest BCUT2D eigenvalue weighted by molar-refractivity contribution is 6.15. The van der Waals surface area contributed by atoms with Crippen LogP contribution >= 0.6 is 0 Å². The van der Waals surface area contributed by atoms with E-state index >= 15 is 0 Å². The summed E-state index contributed by atoms with van der Waals surface area (Å²) in [6.45, 7) is 20.7. The first-order valence-electron chi connectivity index (χ1n) is 11.7. The van der Waals surface area contributed by atoms with E-state index < -0.39 is 0 Å². The molecular formula is C27H42O. The fraction of sp³-hybridized carbons (Fsp3) is 0.815. The third-order valence-corrected chi connectivity index (χ3v) is 8.02. The molecule has 0 unspecified atom stereocenters. The van der Waals surface area contributed by atoms with Crippen molar-refractivity contribution in [2.24, 2.45) is 39.4 Å². The summed E-state index contributed by atoms with van der Waals surface area (Å²) >= 11 is 0. The maximum Gasteiger partial charge on any atom is 0.186 e. The zero-order valence-corrected chi connectivity index (χ0v) is 19.9. The van der Waals surface area contributed by atoms with Gasteiger partial charge in [-0.2, -0.15) is 0 Å². The molecule has 1 heteroatoms. The van der Waals surface area contributed by atoms with Crippen LogP contribution in [0.25, 0.3) is 0 Å². The van der Waals surface area contributed by atoms with Crippen molar-refractivity contribution in [2.75, 3.05) is 0 Å². The number of ketones is 1. The molecule has 5 aliphatic rings. The Bertz CT molecular complexity index is 731. The smallest absolute Gasteiger partial charge is 0.186 e. The Morgan fingerprint density at radius 3 is 1.29 bits per heavy atom. The van der Waals surface area contributed by atoms with E-state index in [1.54, 1.807) is 0 Å². The van der Waals surface area contributed by atoms with Gasteiger partial charge in [-0.05, 0) is 83.7 Å². The van der Waals surface area contributed by atoms with Gasteiger partial charge in [0.05, 0.1) is 0 Å². The molecule has 0 spiro atoms. The van der Waals surface area contributed by atoms with E-state index in [0.717, 1.165) is 23.3 Å². The van der Waals surface area contributed by atoms with E-state index in [2.05, 4.69) is 62.3 Å². The largest absolute Gasteiger partial charge is 0.289 e. The van der Waals surface area contributed by atoms with Crippen molar-refractivity contribution >= 4 is 5.78 Å². The van der Waals surface area contributed by atoms with Gasteiger partial charge in [-0.1, -0.05) is 62.3 Å². The van der Waals surface area contributed by atoms with Crippen molar-refractivity contribution in [2.45, 2.75) is 101 Å². The molecule has 4 bridgehead atoms. The Kier molecular flexibility index (Phi) is 4.27. The van der Waals surface area contributed by atoms with Gasteiger partial charge in [0.15, 0.2) is 5.78 Å². The summed E-state index contributed by atoms with van der Waals surface area (Å²) in [7, 11) is 0. The Labute approximate surface area is 173 Å². The van der Waals surface area contributed by atoms with Crippen molar-refractivity contribution < 1.29 is 4.79 Å². The number of hydrogen-bond acceptors (Lipinski definition) is 1. The number of carbonyl (C=O) groups excluding carboxylic acids is 1. The van der Waals surface area contributed by atoms with E-state index in [4.69, 9.17) is 0 Å². The van der Waals surface area contributed by atoms with Crippen LogP contribution in [0, 0.1) is 39.4 Å². The molecule has 0 aromatic heterocycles. The fourth-order valence-corrected chi connectivity index (χ4v) is 7.74. The first kappa shape index (κ1) is 20.4. The SMILES string of the molecule is CC(C)(C)C1=C(C(C)(C)C)C(C(C)(C)C)=C(C23CC4CC(CC(C4)C2)C3)C1=O. The van der Waals surface area contributed by atoms with E-state index in [9.17, 15) is 4.79 Å². The third kappa shape index (κ3) is 2.98. The van der Waals surface area contributed by atoms with Crippen LogP contribution in [-0.4, -0.2) is 5.78 Å². The van der Waals surface area contributed by atoms with Crippen molar-refractivity contribution in [1.29, 1.82) is 0 Å². The van der Waals surface area contributed by atoms with Crippen LogP contribution in [0.2, 0.25) is 0 Å². The van der Waals surface area contributed by atoms with Crippen LogP contribution in [-0.2, 0) is 4.79 Å². The van der Waals surface area contributed by atoms with Crippen molar-refractivity contribution in [1.82, 2.24) is 0 Å². The Hall–Kier alpha value is -0.850. The van der Waals surface area contributed by atoms with E-state index in [1.165, 1.54) is 55.2 Å². The second-order valence-electron chi connectivity index (χ2n) is 13.8. The summed E-state index contributed by atoms with van der Waals surface area (Å²) in [6.07, 6.45) is 8.10. The molecule has 28 heavy (non-hydrogen) atoms. The molecule has 4 saturated carbocycles. The highest BCUT2D eigenvalue weighted by atomic mass is 16.1. The van der Waals surface area contributed by atoms with Crippen LogP contribution < -0.4 is 0 Å². The van der Waals surface area contributed by atoms with E-state index in [1.807, 2.05) is 0 Å². The summed E-state index contributed by atoms with van der Waals surface area (Å²) in [5.41, 5.74) is 5.25. The van der Waals surface area contributed by atoms with Gasteiger partial charge in [-0.25, -0.2) is 0 Å². The van der Waals surface area contributed by atoms with Gasteiger partial charge in [-0.15, -0.1) is 0 Å². The minimum atomic E-state index is -0.111.